The standard InChI is InChI=1S/C14H14ClFN2O/c1-2-17-14-8-7-12(15)13(18-14)9-19-11-5-3-10(16)4-6-11/h3-8H,2,9H2,1H3,(H,17,18). The largest absolute Gasteiger partial charge is 0.487 e. The molecule has 19 heavy (non-hydrogen) atoms. The minimum absolute atomic E-state index is 0.240. The van der Waals surface area contributed by atoms with Crippen molar-refractivity contribution >= 4 is 17.4 Å². The van der Waals surface area contributed by atoms with Crippen molar-refractivity contribution in [1.82, 2.24) is 4.98 Å². The van der Waals surface area contributed by atoms with Crippen LogP contribution in [0.2, 0.25) is 5.02 Å². The Morgan fingerprint density at radius 1 is 1.21 bits per heavy atom. The molecule has 0 saturated heterocycles. The first-order valence-electron chi connectivity index (χ1n) is 5.96. The van der Waals surface area contributed by atoms with Gasteiger partial charge in [0.2, 0.25) is 0 Å². The highest BCUT2D eigenvalue weighted by Crippen LogP contribution is 2.19. The summed E-state index contributed by atoms with van der Waals surface area (Å²) in [5.41, 5.74) is 0.643. The maximum absolute atomic E-state index is 12.8. The zero-order valence-corrected chi connectivity index (χ0v) is 11.2. The Morgan fingerprint density at radius 3 is 2.63 bits per heavy atom. The van der Waals surface area contributed by atoms with Gasteiger partial charge in [0.15, 0.2) is 0 Å². The van der Waals surface area contributed by atoms with Crippen LogP contribution >= 0.6 is 11.6 Å². The van der Waals surface area contributed by atoms with Gasteiger partial charge in [-0.2, -0.15) is 0 Å². The minimum atomic E-state index is -0.294. The van der Waals surface area contributed by atoms with Crippen LogP contribution in [0.1, 0.15) is 12.6 Å². The predicted molar refractivity (Wildman–Crippen MR) is 74.1 cm³/mol. The number of nitrogens with zero attached hydrogens (tertiary/aromatic N) is 1. The number of benzene rings is 1. The zero-order chi connectivity index (χ0) is 13.7. The van der Waals surface area contributed by atoms with Gasteiger partial charge in [0.05, 0.1) is 10.7 Å². The van der Waals surface area contributed by atoms with Crippen molar-refractivity contribution in [3.05, 3.63) is 52.9 Å². The summed E-state index contributed by atoms with van der Waals surface area (Å²) in [5, 5.41) is 3.65. The van der Waals surface area contributed by atoms with Crippen molar-refractivity contribution in [2.75, 3.05) is 11.9 Å². The summed E-state index contributed by atoms with van der Waals surface area (Å²) in [6, 6.07) is 9.41. The summed E-state index contributed by atoms with van der Waals surface area (Å²) < 4.78 is 18.3. The molecule has 2 rings (SSSR count). The molecule has 0 unspecified atom stereocenters. The van der Waals surface area contributed by atoms with Crippen LogP contribution in [-0.4, -0.2) is 11.5 Å². The van der Waals surface area contributed by atoms with Crippen molar-refractivity contribution < 1.29 is 9.13 Å². The maximum Gasteiger partial charge on any atom is 0.132 e. The van der Waals surface area contributed by atoms with E-state index in [1.807, 2.05) is 13.0 Å². The lowest BCUT2D eigenvalue weighted by atomic mass is 10.3. The third-order valence-corrected chi connectivity index (χ3v) is 2.81. The molecular formula is C14H14ClFN2O. The van der Waals surface area contributed by atoms with Crippen LogP contribution in [0, 0.1) is 5.82 Å². The van der Waals surface area contributed by atoms with Gasteiger partial charge in [-0.15, -0.1) is 0 Å². The highest BCUT2D eigenvalue weighted by molar-refractivity contribution is 6.31. The number of ether oxygens (including phenoxy) is 1. The van der Waals surface area contributed by atoms with Crippen molar-refractivity contribution in [2.45, 2.75) is 13.5 Å². The van der Waals surface area contributed by atoms with Crippen LogP contribution in [-0.2, 0) is 6.61 Å². The summed E-state index contributed by atoms with van der Waals surface area (Å²) in [6.07, 6.45) is 0. The summed E-state index contributed by atoms with van der Waals surface area (Å²) in [7, 11) is 0. The Bertz CT molecular complexity index is 546. The quantitative estimate of drug-likeness (QED) is 0.902. The minimum Gasteiger partial charge on any atom is -0.487 e. The Kier molecular flexibility index (Phi) is 4.58. The SMILES string of the molecule is CCNc1ccc(Cl)c(COc2ccc(F)cc2)n1. The normalized spacial score (nSPS) is 10.3. The average molecular weight is 281 g/mol. The van der Waals surface area contributed by atoms with Crippen molar-refractivity contribution in [2.24, 2.45) is 0 Å². The first kappa shape index (κ1) is 13.6. The fourth-order valence-electron chi connectivity index (χ4n) is 1.55. The van der Waals surface area contributed by atoms with Gasteiger partial charge in [-0.1, -0.05) is 11.6 Å². The molecule has 0 amide bonds. The molecule has 100 valence electrons. The number of rotatable bonds is 5. The number of halogens is 2. The summed E-state index contributed by atoms with van der Waals surface area (Å²) in [5.74, 6) is 1.04. The molecular weight excluding hydrogens is 267 g/mol. The highest BCUT2D eigenvalue weighted by atomic mass is 35.5. The topological polar surface area (TPSA) is 34.1 Å². The number of pyridine rings is 1. The molecule has 0 saturated carbocycles. The second-order valence-electron chi connectivity index (χ2n) is 3.90. The van der Waals surface area contributed by atoms with E-state index >= 15 is 0 Å². The van der Waals surface area contributed by atoms with Crippen LogP contribution < -0.4 is 10.1 Å². The Morgan fingerprint density at radius 2 is 1.95 bits per heavy atom. The second-order valence-corrected chi connectivity index (χ2v) is 4.31. The van der Waals surface area contributed by atoms with Crippen molar-refractivity contribution in [3.63, 3.8) is 0 Å². The Balaban J connectivity index is 2.05. The molecule has 0 spiro atoms. The number of aromatic nitrogens is 1. The van der Waals surface area contributed by atoms with Crippen molar-refractivity contribution in [1.29, 1.82) is 0 Å². The van der Waals surface area contributed by atoms with Crippen LogP contribution in [0.3, 0.4) is 0 Å². The zero-order valence-electron chi connectivity index (χ0n) is 10.5. The van der Waals surface area contributed by atoms with E-state index in [0.29, 0.717) is 16.5 Å². The average Bonchev–Trinajstić information content (AvgIpc) is 2.41. The highest BCUT2D eigenvalue weighted by Gasteiger charge is 2.05. The van der Waals surface area contributed by atoms with Crippen LogP contribution in [0.5, 0.6) is 5.75 Å². The lowest BCUT2D eigenvalue weighted by Gasteiger charge is -2.09. The van der Waals surface area contributed by atoms with E-state index in [0.717, 1.165) is 12.4 Å². The van der Waals surface area contributed by atoms with E-state index in [9.17, 15) is 4.39 Å². The summed E-state index contributed by atoms with van der Waals surface area (Å²) in [4.78, 5) is 4.35. The maximum atomic E-state index is 12.8. The van der Waals surface area contributed by atoms with Crippen LogP contribution in [0.4, 0.5) is 10.2 Å². The van der Waals surface area contributed by atoms with Gasteiger partial charge in [-0.25, -0.2) is 9.37 Å². The molecule has 0 aliphatic heterocycles. The fraction of sp³-hybridized carbons (Fsp3) is 0.214. The van der Waals surface area contributed by atoms with Crippen LogP contribution in [0.25, 0.3) is 0 Å². The van der Waals surface area contributed by atoms with Gasteiger partial charge in [-0.3, -0.25) is 0 Å². The molecule has 0 aliphatic rings. The molecule has 2 aromatic rings. The number of nitrogens with one attached hydrogen (secondary N) is 1. The third kappa shape index (κ3) is 3.83. The molecule has 3 nitrogen and oxygen atoms in total. The molecule has 0 bridgehead atoms. The number of hydrogen-bond donors (Lipinski definition) is 1. The van der Waals surface area contributed by atoms with Gasteiger partial charge in [0, 0.05) is 6.54 Å². The second kappa shape index (κ2) is 6.38. The molecule has 1 aromatic carbocycles. The third-order valence-electron chi connectivity index (χ3n) is 2.47. The van der Waals surface area contributed by atoms with Gasteiger partial charge >= 0.3 is 0 Å². The predicted octanol–water partition coefficient (Wildman–Crippen LogP) is 3.88. The van der Waals surface area contributed by atoms with E-state index in [1.54, 1.807) is 18.2 Å². The fourth-order valence-corrected chi connectivity index (χ4v) is 1.71. The monoisotopic (exact) mass is 280 g/mol. The molecule has 0 fully saturated rings. The lowest BCUT2D eigenvalue weighted by molar-refractivity contribution is 0.301. The molecule has 1 N–H and O–H groups in total. The number of anilines is 1. The molecule has 5 heteroatoms. The van der Waals surface area contributed by atoms with Gasteiger partial charge < -0.3 is 10.1 Å². The molecule has 0 radical (unpaired) electrons. The van der Waals surface area contributed by atoms with Gasteiger partial charge in [-0.05, 0) is 43.3 Å². The first-order valence-corrected chi connectivity index (χ1v) is 6.34. The van der Waals surface area contributed by atoms with E-state index < -0.39 is 0 Å². The van der Waals surface area contributed by atoms with E-state index in [-0.39, 0.29) is 12.4 Å². The molecule has 0 atom stereocenters. The summed E-state index contributed by atoms with van der Waals surface area (Å²) >= 11 is 6.06. The number of hydrogen-bond acceptors (Lipinski definition) is 3. The van der Waals surface area contributed by atoms with Gasteiger partial charge in [0.1, 0.15) is 24.0 Å². The molecule has 1 aromatic heterocycles. The lowest BCUT2D eigenvalue weighted by Crippen LogP contribution is -2.04. The summed E-state index contributed by atoms with van der Waals surface area (Å²) in [6.45, 7) is 3.02. The Labute approximate surface area is 116 Å². The molecule has 1 heterocycles. The first-order chi connectivity index (χ1) is 9.19. The van der Waals surface area contributed by atoms with Gasteiger partial charge in [0.25, 0.3) is 0 Å². The van der Waals surface area contributed by atoms with Crippen LogP contribution in [0.15, 0.2) is 36.4 Å². The van der Waals surface area contributed by atoms with E-state index in [1.165, 1.54) is 12.1 Å². The molecule has 0 aliphatic carbocycles. The van der Waals surface area contributed by atoms with E-state index in [2.05, 4.69) is 10.3 Å². The Hall–Kier alpha value is -1.81. The van der Waals surface area contributed by atoms with E-state index in [4.69, 9.17) is 16.3 Å². The van der Waals surface area contributed by atoms with Crippen molar-refractivity contribution in [3.8, 4) is 5.75 Å². The smallest absolute Gasteiger partial charge is 0.132 e.